The molecular weight excluding hydrogens is 499 g/mol. The summed E-state index contributed by atoms with van der Waals surface area (Å²) in [5.41, 5.74) is 2.82. The van der Waals surface area contributed by atoms with Crippen LogP contribution in [-0.4, -0.2) is 18.0 Å². The molecule has 0 N–H and O–H groups in total. The lowest BCUT2D eigenvalue weighted by atomic mass is 10.1. The van der Waals surface area contributed by atoms with E-state index < -0.39 is 11.7 Å². The number of benzene rings is 2. The van der Waals surface area contributed by atoms with Crippen LogP contribution in [0.5, 0.6) is 5.75 Å². The Morgan fingerprint density at radius 1 is 0.972 bits per heavy atom. The van der Waals surface area contributed by atoms with Crippen molar-refractivity contribution >= 4 is 22.7 Å². The van der Waals surface area contributed by atoms with Gasteiger partial charge in [0.2, 0.25) is 0 Å². The maximum Gasteiger partial charge on any atom is 0.417 e. The Bertz CT molecular complexity index is 1320. The van der Waals surface area contributed by atoms with Crippen molar-refractivity contribution in [1.82, 2.24) is 4.90 Å². The lowest BCUT2D eigenvalue weighted by Gasteiger charge is -2.19. The number of hydrogen-bond donors (Lipinski definition) is 0. The highest BCUT2D eigenvalue weighted by Crippen LogP contribution is 2.31. The molecule has 0 radical (unpaired) electrons. The van der Waals surface area contributed by atoms with Crippen LogP contribution in [0.1, 0.15) is 34.9 Å². The average Bonchev–Trinajstić information content (AvgIpc) is 3.55. The van der Waals surface area contributed by atoms with E-state index in [9.17, 15) is 13.2 Å². The van der Waals surface area contributed by atoms with E-state index in [-0.39, 0.29) is 5.56 Å². The van der Waals surface area contributed by atoms with E-state index in [1.807, 2.05) is 24.3 Å². The van der Waals surface area contributed by atoms with Gasteiger partial charge >= 0.3 is 6.18 Å². The zero-order valence-electron chi connectivity index (χ0n) is 19.8. The van der Waals surface area contributed by atoms with Gasteiger partial charge < -0.3 is 4.74 Å². The third-order valence-electron chi connectivity index (χ3n) is 5.49. The van der Waals surface area contributed by atoms with Gasteiger partial charge in [-0.3, -0.25) is 4.90 Å². The number of hydrogen-bond acceptors (Lipinski definition) is 4. The summed E-state index contributed by atoms with van der Waals surface area (Å²) in [6.45, 7) is 4.39. The number of thiophene rings is 2. The molecule has 0 aliphatic carbocycles. The molecule has 2 aromatic carbocycles. The van der Waals surface area contributed by atoms with E-state index in [2.05, 4.69) is 51.9 Å². The summed E-state index contributed by atoms with van der Waals surface area (Å²) in [5, 5.41) is 6.36. The number of alkyl halides is 3. The molecule has 0 aliphatic rings. The summed E-state index contributed by atoms with van der Waals surface area (Å²) in [7, 11) is 0. The smallest absolute Gasteiger partial charge is 0.417 e. The number of nitrogens with zero attached hydrogens (tertiary/aromatic N) is 1. The van der Waals surface area contributed by atoms with Crippen molar-refractivity contribution in [3.8, 4) is 28.7 Å². The van der Waals surface area contributed by atoms with Crippen molar-refractivity contribution in [3.63, 3.8) is 0 Å². The molecule has 0 saturated heterocycles. The van der Waals surface area contributed by atoms with Crippen LogP contribution in [0.15, 0.2) is 76.8 Å². The van der Waals surface area contributed by atoms with Crippen LogP contribution < -0.4 is 4.74 Å². The molecular formula is C29H26F3NOS2. The molecule has 7 heteroatoms. The lowest BCUT2D eigenvalue weighted by molar-refractivity contribution is -0.137. The van der Waals surface area contributed by atoms with Gasteiger partial charge in [0.05, 0.1) is 12.1 Å². The molecule has 2 nitrogen and oxygen atoms in total. The van der Waals surface area contributed by atoms with Gasteiger partial charge in [0, 0.05) is 17.0 Å². The Labute approximate surface area is 218 Å². The Balaban J connectivity index is 1.37. The summed E-state index contributed by atoms with van der Waals surface area (Å²) in [6, 6.07) is 17.7. The highest BCUT2D eigenvalue weighted by atomic mass is 32.1. The highest BCUT2D eigenvalue weighted by Gasteiger charge is 2.32. The summed E-state index contributed by atoms with van der Waals surface area (Å²) in [4.78, 5) is 3.29. The normalized spacial score (nSPS) is 11.4. The van der Waals surface area contributed by atoms with Gasteiger partial charge in [-0.1, -0.05) is 43.0 Å². The van der Waals surface area contributed by atoms with Crippen molar-refractivity contribution in [2.24, 2.45) is 0 Å². The molecule has 0 saturated carbocycles. The minimum absolute atomic E-state index is 0.00702. The minimum atomic E-state index is -4.41. The Kier molecular flexibility index (Phi) is 8.87. The summed E-state index contributed by atoms with van der Waals surface area (Å²) in [5.74, 6) is 6.45. The van der Waals surface area contributed by atoms with Crippen LogP contribution >= 0.6 is 22.7 Å². The summed E-state index contributed by atoms with van der Waals surface area (Å²) >= 11 is 3.37. The Morgan fingerprint density at radius 2 is 1.83 bits per heavy atom. The van der Waals surface area contributed by atoms with Crippen LogP contribution in [0.25, 0.3) is 11.1 Å². The molecule has 2 heterocycles. The van der Waals surface area contributed by atoms with Crippen molar-refractivity contribution in [2.75, 3.05) is 13.1 Å². The summed E-state index contributed by atoms with van der Waals surface area (Å²) < 4.78 is 45.7. The SMILES string of the molecule is CCCN(CC#Cc1ccccc1C(F)(F)F)Cc1cccc(OCc2cc(-c3ccsc3)cs2)c1. The standard InChI is InChI=1S/C29H26F3NOS2/c1-2-13-33(14-6-9-23-8-3-4-11-28(23)29(30,31)32)18-22-7-5-10-26(16-22)34-19-27-17-25(21-36-27)24-12-15-35-20-24/h3-5,7-8,10-12,15-17,20-21H,2,13-14,18-19H2,1H3. The van der Waals surface area contributed by atoms with Gasteiger partial charge in [-0.15, -0.1) is 11.3 Å². The number of halogens is 3. The average molecular weight is 526 g/mol. The lowest BCUT2D eigenvalue weighted by Crippen LogP contribution is -2.24. The van der Waals surface area contributed by atoms with Gasteiger partial charge in [0.1, 0.15) is 12.4 Å². The Morgan fingerprint density at radius 3 is 2.61 bits per heavy atom. The fourth-order valence-electron chi connectivity index (χ4n) is 3.80. The molecule has 2 aromatic heterocycles. The van der Waals surface area contributed by atoms with Crippen molar-refractivity contribution in [2.45, 2.75) is 32.7 Å². The third kappa shape index (κ3) is 7.23. The van der Waals surface area contributed by atoms with Crippen molar-refractivity contribution in [1.29, 1.82) is 0 Å². The van der Waals surface area contributed by atoms with Gasteiger partial charge in [-0.25, -0.2) is 0 Å². The molecule has 4 rings (SSSR count). The van der Waals surface area contributed by atoms with Gasteiger partial charge in [0.25, 0.3) is 0 Å². The van der Waals surface area contributed by atoms with Crippen LogP contribution in [-0.2, 0) is 19.3 Å². The first kappa shape index (κ1) is 26.0. The highest BCUT2D eigenvalue weighted by molar-refractivity contribution is 7.10. The molecule has 36 heavy (non-hydrogen) atoms. The van der Waals surface area contributed by atoms with Gasteiger partial charge in [0.15, 0.2) is 0 Å². The molecule has 4 aromatic rings. The van der Waals surface area contributed by atoms with Crippen LogP contribution in [0, 0.1) is 11.8 Å². The maximum atomic E-state index is 13.2. The largest absolute Gasteiger partial charge is 0.488 e. The molecule has 0 spiro atoms. The zero-order valence-corrected chi connectivity index (χ0v) is 21.5. The first-order valence-electron chi connectivity index (χ1n) is 11.6. The first-order valence-corrected chi connectivity index (χ1v) is 13.4. The van der Waals surface area contributed by atoms with E-state index in [1.165, 1.54) is 23.3 Å². The third-order valence-corrected chi connectivity index (χ3v) is 7.09. The molecule has 0 atom stereocenters. The molecule has 0 bridgehead atoms. The molecule has 0 aliphatic heterocycles. The van der Waals surface area contributed by atoms with Gasteiger partial charge in [-0.2, -0.15) is 24.5 Å². The Hall–Kier alpha value is -3.05. The minimum Gasteiger partial charge on any atom is -0.488 e. The molecule has 0 unspecified atom stereocenters. The summed E-state index contributed by atoms with van der Waals surface area (Å²) in [6.07, 6.45) is -3.49. The van der Waals surface area contributed by atoms with Crippen LogP contribution in [0.2, 0.25) is 0 Å². The van der Waals surface area contributed by atoms with E-state index in [1.54, 1.807) is 28.7 Å². The van der Waals surface area contributed by atoms with Crippen molar-refractivity contribution in [3.05, 3.63) is 98.4 Å². The second-order valence-corrected chi connectivity index (χ2v) is 10.1. The molecule has 186 valence electrons. The monoisotopic (exact) mass is 525 g/mol. The second kappa shape index (κ2) is 12.3. The fraction of sp³-hybridized carbons (Fsp3) is 0.241. The van der Waals surface area contributed by atoms with Gasteiger partial charge in [-0.05, 0) is 82.2 Å². The van der Waals surface area contributed by atoms with Crippen LogP contribution in [0.4, 0.5) is 13.2 Å². The molecule has 0 amide bonds. The van der Waals surface area contributed by atoms with E-state index in [4.69, 9.17) is 4.74 Å². The maximum absolute atomic E-state index is 13.2. The predicted octanol–water partition coefficient (Wildman–Crippen LogP) is 8.34. The number of rotatable bonds is 9. The quantitative estimate of drug-likeness (QED) is 0.204. The molecule has 0 fully saturated rings. The van der Waals surface area contributed by atoms with E-state index >= 15 is 0 Å². The van der Waals surface area contributed by atoms with E-state index in [0.717, 1.165) is 35.2 Å². The number of ether oxygens (including phenoxy) is 1. The van der Waals surface area contributed by atoms with E-state index in [0.29, 0.717) is 19.7 Å². The van der Waals surface area contributed by atoms with Crippen molar-refractivity contribution < 1.29 is 17.9 Å². The second-order valence-electron chi connectivity index (χ2n) is 8.31. The first-order chi connectivity index (χ1) is 17.4. The zero-order chi connectivity index (χ0) is 25.4. The topological polar surface area (TPSA) is 12.5 Å². The predicted molar refractivity (Wildman–Crippen MR) is 142 cm³/mol. The van der Waals surface area contributed by atoms with Crippen LogP contribution in [0.3, 0.4) is 0 Å². The fourth-order valence-corrected chi connectivity index (χ4v) is 5.27.